The molecule has 0 unspecified atom stereocenters. The fourth-order valence-corrected chi connectivity index (χ4v) is 5.75. The molecule has 0 aromatic heterocycles. The molecule has 0 aromatic rings. The molecule has 0 saturated heterocycles. The molecule has 0 spiro atoms. The quantitative estimate of drug-likeness (QED) is 0.218. The summed E-state index contributed by atoms with van der Waals surface area (Å²) < 4.78 is 3.31. The van der Waals surface area contributed by atoms with Gasteiger partial charge >= 0.3 is 133 Å². The van der Waals surface area contributed by atoms with Crippen LogP contribution < -0.4 is 0 Å². The monoisotopic (exact) mass is 436 g/mol. The standard InChI is InChI=1S/2C8H17.C2H2O4.Sn/c2*1-3-5-7-8-6-4-2;3-1(4)2(5)6;/h2*1,3-8H2,2H3;(H,3,4)(H,5,6);. The first kappa shape index (κ1) is 25.0. The van der Waals surface area contributed by atoms with Crippen LogP contribution in [0.25, 0.3) is 0 Å². The third-order valence-corrected chi connectivity index (χ3v) is 7.63. The first-order valence-electron chi connectivity index (χ1n) is 9.23. The van der Waals surface area contributed by atoms with Crippen LogP contribution in [0.15, 0.2) is 0 Å². The summed E-state index contributed by atoms with van der Waals surface area (Å²) in [6.45, 7) is 4.60. The third-order valence-electron chi connectivity index (χ3n) is 3.60. The van der Waals surface area contributed by atoms with E-state index < -0.39 is 11.9 Å². The van der Waals surface area contributed by atoms with Gasteiger partial charge in [0.25, 0.3) is 0 Å². The van der Waals surface area contributed by atoms with Gasteiger partial charge in [-0.15, -0.1) is 0 Å². The second-order valence-corrected chi connectivity index (χ2v) is 10.2. The normalized spacial score (nSPS) is 10.0. The van der Waals surface area contributed by atoms with Crippen LogP contribution in [0.4, 0.5) is 0 Å². The van der Waals surface area contributed by atoms with Crippen molar-refractivity contribution < 1.29 is 19.8 Å². The Bertz CT molecular complexity index is 244. The summed E-state index contributed by atoms with van der Waals surface area (Å²) in [5.74, 6) is -3.65. The summed E-state index contributed by atoms with van der Waals surface area (Å²) in [5, 5.41) is 14.8. The Morgan fingerprint density at radius 1 is 0.609 bits per heavy atom. The van der Waals surface area contributed by atoms with Crippen molar-refractivity contribution in [1.82, 2.24) is 0 Å². The van der Waals surface area contributed by atoms with Crippen molar-refractivity contribution in [2.75, 3.05) is 0 Å². The molecule has 2 radical (unpaired) electrons. The minimum atomic E-state index is -1.82. The van der Waals surface area contributed by atoms with E-state index in [1.165, 1.54) is 64.2 Å². The Balaban J connectivity index is 0. The molecule has 0 aliphatic heterocycles. The number of hydrogen-bond acceptors (Lipinski definition) is 2. The molecule has 136 valence electrons. The molecule has 0 fully saturated rings. The van der Waals surface area contributed by atoms with Crippen molar-refractivity contribution in [1.29, 1.82) is 0 Å². The number of unbranched alkanes of at least 4 members (excludes halogenated alkanes) is 10. The first-order valence-corrected chi connectivity index (χ1v) is 13.3. The zero-order valence-corrected chi connectivity index (χ0v) is 18.0. The molecule has 0 bridgehead atoms. The van der Waals surface area contributed by atoms with E-state index in [-0.39, 0.29) is 21.1 Å². The molecule has 2 N–H and O–H groups in total. The maximum Gasteiger partial charge on any atom is 0.414 e. The predicted octanol–water partition coefficient (Wildman–Crippen LogP) is 5.40. The number of carboxylic acid groups (broad SMARTS) is 2. The van der Waals surface area contributed by atoms with Crippen molar-refractivity contribution in [3.63, 3.8) is 0 Å². The van der Waals surface area contributed by atoms with E-state index in [2.05, 4.69) is 13.8 Å². The summed E-state index contributed by atoms with van der Waals surface area (Å²) in [4.78, 5) is 18.2. The van der Waals surface area contributed by atoms with Gasteiger partial charge in [-0.2, -0.15) is 0 Å². The van der Waals surface area contributed by atoms with Crippen LogP contribution in [0.1, 0.15) is 90.9 Å². The van der Waals surface area contributed by atoms with E-state index in [0.29, 0.717) is 0 Å². The van der Waals surface area contributed by atoms with Gasteiger partial charge in [0.05, 0.1) is 0 Å². The Morgan fingerprint density at radius 3 is 1.22 bits per heavy atom. The molecule has 0 rings (SSSR count). The van der Waals surface area contributed by atoms with Gasteiger partial charge in [0.1, 0.15) is 0 Å². The summed E-state index contributed by atoms with van der Waals surface area (Å²) >= 11 is 0.0736. The number of aliphatic carboxylic acids is 2. The van der Waals surface area contributed by atoms with Crippen LogP contribution in [-0.2, 0) is 9.59 Å². The zero-order valence-electron chi connectivity index (χ0n) is 15.1. The van der Waals surface area contributed by atoms with E-state index in [0.717, 1.165) is 0 Å². The summed E-state index contributed by atoms with van der Waals surface area (Å²) in [6, 6.07) is 0. The van der Waals surface area contributed by atoms with E-state index in [4.69, 9.17) is 19.8 Å². The average Bonchev–Trinajstić information content (AvgIpc) is 2.52. The number of carboxylic acids is 2. The molecule has 0 atom stereocenters. The van der Waals surface area contributed by atoms with Gasteiger partial charge in [-0.1, -0.05) is 0 Å². The van der Waals surface area contributed by atoms with Gasteiger partial charge in [-0.3, -0.25) is 0 Å². The maximum atomic E-state index is 9.10. The van der Waals surface area contributed by atoms with Crippen molar-refractivity contribution in [2.24, 2.45) is 0 Å². The fourth-order valence-electron chi connectivity index (χ4n) is 2.19. The van der Waals surface area contributed by atoms with Crippen LogP contribution in [0, 0.1) is 0 Å². The molecule has 0 aliphatic rings. The van der Waals surface area contributed by atoms with Gasteiger partial charge in [-0.05, 0) is 0 Å². The van der Waals surface area contributed by atoms with Crippen LogP contribution in [0.5, 0.6) is 0 Å². The van der Waals surface area contributed by atoms with Gasteiger partial charge in [0.15, 0.2) is 0 Å². The molecular weight excluding hydrogens is 399 g/mol. The van der Waals surface area contributed by atoms with Crippen molar-refractivity contribution in [3.8, 4) is 0 Å². The molecule has 4 nitrogen and oxygen atoms in total. The Kier molecular flexibility index (Phi) is 23.6. The molecule has 0 aliphatic carbocycles. The van der Waals surface area contributed by atoms with Crippen LogP contribution in [0.2, 0.25) is 8.87 Å². The fraction of sp³-hybridized carbons (Fsp3) is 0.889. The minimum Gasteiger partial charge on any atom is -0.473 e. The molecule has 0 saturated carbocycles. The van der Waals surface area contributed by atoms with Gasteiger partial charge in [-0.25, -0.2) is 9.59 Å². The number of rotatable bonds is 14. The average molecular weight is 435 g/mol. The van der Waals surface area contributed by atoms with E-state index >= 15 is 0 Å². The van der Waals surface area contributed by atoms with E-state index in [1.807, 2.05) is 0 Å². The molecule has 0 heterocycles. The second-order valence-electron chi connectivity index (χ2n) is 5.90. The number of carbonyl (C=O) groups is 2. The molecule has 5 heteroatoms. The molecule has 0 aromatic carbocycles. The topological polar surface area (TPSA) is 74.6 Å². The van der Waals surface area contributed by atoms with Gasteiger partial charge in [0.2, 0.25) is 0 Å². The van der Waals surface area contributed by atoms with E-state index in [1.54, 1.807) is 21.7 Å². The van der Waals surface area contributed by atoms with Crippen LogP contribution in [-0.4, -0.2) is 43.3 Å². The van der Waals surface area contributed by atoms with Crippen molar-refractivity contribution >= 4 is 33.1 Å². The largest absolute Gasteiger partial charge is 0.473 e. The number of hydrogen-bond donors (Lipinski definition) is 2. The Labute approximate surface area is 152 Å². The van der Waals surface area contributed by atoms with Crippen molar-refractivity contribution in [3.05, 3.63) is 0 Å². The van der Waals surface area contributed by atoms with Gasteiger partial charge < -0.3 is 10.2 Å². The van der Waals surface area contributed by atoms with E-state index in [9.17, 15) is 0 Å². The summed E-state index contributed by atoms with van der Waals surface area (Å²) in [5.41, 5.74) is 0. The summed E-state index contributed by atoms with van der Waals surface area (Å²) in [6.07, 6.45) is 17.8. The van der Waals surface area contributed by atoms with Crippen molar-refractivity contribution in [2.45, 2.75) is 99.8 Å². The SMILES string of the molecule is CCCCCCC[CH2][Sn][CH2]CCCCCCC.O=C(O)C(=O)O. The predicted molar refractivity (Wildman–Crippen MR) is 97.4 cm³/mol. The molecule has 0 amide bonds. The zero-order chi connectivity index (χ0) is 17.8. The second kappa shape index (κ2) is 21.7. The first-order chi connectivity index (χ1) is 11.1. The summed E-state index contributed by atoms with van der Waals surface area (Å²) in [7, 11) is 0. The van der Waals surface area contributed by atoms with Crippen LogP contribution in [0.3, 0.4) is 0 Å². The Morgan fingerprint density at radius 2 is 0.913 bits per heavy atom. The minimum absolute atomic E-state index is 0.0736. The molecular formula is C18H36O4Sn. The maximum absolute atomic E-state index is 9.10. The third kappa shape index (κ3) is 26.9. The molecule has 23 heavy (non-hydrogen) atoms. The Hall–Kier alpha value is -0.261. The van der Waals surface area contributed by atoms with Crippen LogP contribution >= 0.6 is 0 Å². The smallest absolute Gasteiger partial charge is 0.414 e. The van der Waals surface area contributed by atoms with Gasteiger partial charge in [0, 0.05) is 0 Å².